The molecule has 0 heterocycles. The zero-order valence-corrected chi connectivity index (χ0v) is 11.6. The molecular weight excluding hydrogens is 268 g/mol. The van der Waals surface area contributed by atoms with Gasteiger partial charge in [-0.1, -0.05) is 28.8 Å². The van der Waals surface area contributed by atoms with Crippen molar-refractivity contribution in [3.05, 3.63) is 0 Å². The minimum Gasteiger partial charge on any atom is -0.381 e. The van der Waals surface area contributed by atoms with Crippen LogP contribution in [0.25, 0.3) is 0 Å². The number of halogens is 1. The second-order valence-corrected chi connectivity index (χ2v) is 5.98. The molecule has 0 saturated heterocycles. The van der Waals surface area contributed by atoms with E-state index >= 15 is 0 Å². The Balaban J connectivity index is 2.12. The lowest BCUT2D eigenvalue weighted by Gasteiger charge is -2.51. The number of carbonyl (C=O) groups excluding carboxylic acids is 1. The fourth-order valence-corrected chi connectivity index (χ4v) is 4.05. The van der Waals surface area contributed by atoms with Crippen LogP contribution in [-0.4, -0.2) is 24.3 Å². The van der Waals surface area contributed by atoms with Gasteiger partial charge in [0.25, 0.3) is 0 Å². The molecule has 2 fully saturated rings. The van der Waals surface area contributed by atoms with Crippen LogP contribution in [0, 0.1) is 11.3 Å². The highest BCUT2D eigenvalue weighted by molar-refractivity contribution is 9.09. The predicted molar refractivity (Wildman–Crippen MR) is 67.8 cm³/mol. The molecule has 0 aromatic heterocycles. The van der Waals surface area contributed by atoms with Gasteiger partial charge in [0.15, 0.2) is 0 Å². The van der Waals surface area contributed by atoms with Gasteiger partial charge in [0, 0.05) is 24.3 Å². The van der Waals surface area contributed by atoms with Crippen molar-refractivity contribution in [3.8, 4) is 0 Å². The van der Waals surface area contributed by atoms with Crippen LogP contribution in [0.1, 0.15) is 44.9 Å². The first kappa shape index (κ1) is 12.6. The lowest BCUT2D eigenvalue weighted by Crippen LogP contribution is -2.52. The van der Waals surface area contributed by atoms with Crippen LogP contribution in [0.15, 0.2) is 0 Å². The summed E-state index contributed by atoms with van der Waals surface area (Å²) in [5.74, 6) is 0.985. The molecule has 0 amide bonds. The maximum Gasteiger partial charge on any atom is 0.139 e. The molecule has 2 aliphatic carbocycles. The molecule has 1 unspecified atom stereocenters. The summed E-state index contributed by atoms with van der Waals surface area (Å²) in [5, 5.41) is 0.965. The van der Waals surface area contributed by atoms with E-state index in [9.17, 15) is 4.79 Å². The summed E-state index contributed by atoms with van der Waals surface area (Å²) < 4.78 is 5.63. The maximum absolute atomic E-state index is 12.0. The molecule has 3 heteroatoms. The predicted octanol–water partition coefficient (Wildman–Crippen LogP) is 3.33. The smallest absolute Gasteiger partial charge is 0.139 e. The van der Waals surface area contributed by atoms with E-state index in [-0.39, 0.29) is 11.5 Å². The van der Waals surface area contributed by atoms with E-state index in [1.165, 1.54) is 19.3 Å². The molecule has 2 nitrogen and oxygen atoms in total. The molecule has 2 saturated carbocycles. The topological polar surface area (TPSA) is 26.3 Å². The molecule has 2 aliphatic rings. The molecule has 2 rings (SSSR count). The molecule has 92 valence electrons. The molecule has 0 aromatic carbocycles. The van der Waals surface area contributed by atoms with Crippen LogP contribution in [0.4, 0.5) is 0 Å². The Bertz CT molecular complexity index is 267. The molecule has 0 bridgehead atoms. The van der Waals surface area contributed by atoms with Crippen LogP contribution in [-0.2, 0) is 9.53 Å². The summed E-state index contributed by atoms with van der Waals surface area (Å²) in [4.78, 5) is 12.0. The van der Waals surface area contributed by atoms with Gasteiger partial charge in [-0.2, -0.15) is 0 Å². The monoisotopic (exact) mass is 288 g/mol. The number of carbonyl (C=O) groups is 1. The average Bonchev–Trinajstić information content (AvgIpc) is 2.34. The van der Waals surface area contributed by atoms with E-state index in [0.717, 1.165) is 31.0 Å². The van der Waals surface area contributed by atoms with Crippen LogP contribution in [0.3, 0.4) is 0 Å². The van der Waals surface area contributed by atoms with Crippen molar-refractivity contribution in [3.63, 3.8) is 0 Å². The third-order valence-electron chi connectivity index (χ3n) is 4.60. The van der Waals surface area contributed by atoms with Crippen LogP contribution in [0.5, 0.6) is 0 Å². The van der Waals surface area contributed by atoms with Gasteiger partial charge < -0.3 is 4.74 Å². The van der Waals surface area contributed by atoms with Crippen molar-refractivity contribution >= 4 is 21.7 Å². The summed E-state index contributed by atoms with van der Waals surface area (Å²) in [6, 6.07) is 0. The Labute approximate surface area is 106 Å². The summed E-state index contributed by atoms with van der Waals surface area (Å²) in [7, 11) is 1.79. The number of hydrogen-bond acceptors (Lipinski definition) is 2. The quantitative estimate of drug-likeness (QED) is 0.742. The van der Waals surface area contributed by atoms with Gasteiger partial charge in [0.2, 0.25) is 0 Å². The van der Waals surface area contributed by atoms with E-state index in [1.54, 1.807) is 7.11 Å². The van der Waals surface area contributed by atoms with Gasteiger partial charge in [-0.3, -0.25) is 4.79 Å². The number of methoxy groups -OCH3 is 1. The third kappa shape index (κ3) is 1.97. The second kappa shape index (κ2) is 5.18. The third-order valence-corrected chi connectivity index (χ3v) is 5.05. The Morgan fingerprint density at radius 3 is 2.81 bits per heavy atom. The first-order chi connectivity index (χ1) is 7.74. The molecule has 3 atom stereocenters. The number of Topliss-reactive ketones (excluding diaryl/α,β-unsaturated/α-hetero) is 1. The van der Waals surface area contributed by atoms with Gasteiger partial charge in [0.05, 0.1) is 6.10 Å². The molecule has 0 aromatic rings. The second-order valence-electron chi connectivity index (χ2n) is 5.18. The van der Waals surface area contributed by atoms with Gasteiger partial charge in [-0.05, 0) is 31.6 Å². The Kier molecular flexibility index (Phi) is 4.06. The first-order valence-corrected chi connectivity index (χ1v) is 7.49. The Hall–Kier alpha value is 0.110. The summed E-state index contributed by atoms with van der Waals surface area (Å²) in [5.41, 5.74) is 0.0150. The first-order valence-electron chi connectivity index (χ1n) is 6.36. The van der Waals surface area contributed by atoms with Crippen molar-refractivity contribution in [1.29, 1.82) is 0 Å². The molecule has 16 heavy (non-hydrogen) atoms. The fraction of sp³-hybridized carbons (Fsp3) is 0.923. The summed E-state index contributed by atoms with van der Waals surface area (Å²) in [6.45, 7) is 0. The largest absolute Gasteiger partial charge is 0.381 e. The maximum atomic E-state index is 12.0. The average molecular weight is 289 g/mol. The number of ether oxygens (including phenoxy) is 1. The lowest BCUT2D eigenvalue weighted by molar-refractivity contribution is -0.153. The fourth-order valence-electron chi connectivity index (χ4n) is 3.60. The van der Waals surface area contributed by atoms with E-state index in [4.69, 9.17) is 4.74 Å². The van der Waals surface area contributed by atoms with E-state index in [0.29, 0.717) is 11.7 Å². The van der Waals surface area contributed by atoms with Gasteiger partial charge >= 0.3 is 0 Å². The van der Waals surface area contributed by atoms with Gasteiger partial charge in [-0.25, -0.2) is 0 Å². The molecular formula is C13H21BrO2. The van der Waals surface area contributed by atoms with E-state index in [2.05, 4.69) is 15.9 Å². The minimum absolute atomic E-state index is 0.0150. The zero-order chi connectivity index (χ0) is 11.6. The normalized spacial score (nSPS) is 36.1. The number of alkyl halides is 1. The van der Waals surface area contributed by atoms with Crippen molar-refractivity contribution in [1.82, 2.24) is 0 Å². The van der Waals surface area contributed by atoms with Crippen molar-refractivity contribution < 1.29 is 9.53 Å². The highest BCUT2D eigenvalue weighted by Crippen LogP contribution is 2.54. The zero-order valence-electron chi connectivity index (χ0n) is 10.0. The van der Waals surface area contributed by atoms with Crippen molar-refractivity contribution in [2.75, 3.05) is 12.4 Å². The standard InChI is InChI=1S/C13H21BrO2/c1-16-11(6-9-14)10-4-2-3-7-13(10)8-5-12(13)15/h10-11H,2-9H2,1H3/t10-,11?,13+/m1/s1. The van der Waals surface area contributed by atoms with Crippen LogP contribution >= 0.6 is 15.9 Å². The van der Waals surface area contributed by atoms with Crippen LogP contribution < -0.4 is 0 Å². The number of ketones is 1. The Morgan fingerprint density at radius 1 is 1.50 bits per heavy atom. The van der Waals surface area contributed by atoms with Gasteiger partial charge in [0.1, 0.15) is 5.78 Å². The van der Waals surface area contributed by atoms with Crippen LogP contribution in [0.2, 0.25) is 0 Å². The SMILES string of the molecule is COC(CCBr)[C@H]1CCCC[C@]12CCC2=O. The molecule has 0 aliphatic heterocycles. The highest BCUT2D eigenvalue weighted by Gasteiger charge is 2.54. The van der Waals surface area contributed by atoms with E-state index in [1.807, 2.05) is 0 Å². The Morgan fingerprint density at radius 2 is 2.31 bits per heavy atom. The molecule has 0 radical (unpaired) electrons. The summed E-state index contributed by atoms with van der Waals surface area (Å²) >= 11 is 3.49. The summed E-state index contributed by atoms with van der Waals surface area (Å²) in [6.07, 6.45) is 7.99. The highest BCUT2D eigenvalue weighted by atomic mass is 79.9. The molecule has 1 spiro atoms. The van der Waals surface area contributed by atoms with Gasteiger partial charge in [-0.15, -0.1) is 0 Å². The number of rotatable bonds is 4. The minimum atomic E-state index is 0.0150. The molecule has 0 N–H and O–H groups in total. The lowest BCUT2D eigenvalue weighted by atomic mass is 9.53. The van der Waals surface area contributed by atoms with E-state index < -0.39 is 0 Å². The van der Waals surface area contributed by atoms with Crippen molar-refractivity contribution in [2.45, 2.75) is 51.0 Å². The number of hydrogen-bond donors (Lipinski definition) is 0. The van der Waals surface area contributed by atoms with Crippen molar-refractivity contribution in [2.24, 2.45) is 11.3 Å².